The molecule has 0 heterocycles. The molecule has 0 saturated heterocycles. The molecule has 2 heteroatoms. The summed E-state index contributed by atoms with van der Waals surface area (Å²) >= 11 is 0. The third-order valence-corrected chi connectivity index (χ3v) is 4.27. The molecule has 0 amide bonds. The molecule has 0 radical (unpaired) electrons. The topological polar surface area (TPSA) is 26.3 Å². The van der Waals surface area contributed by atoms with Crippen molar-refractivity contribution in [2.75, 3.05) is 0 Å². The Morgan fingerprint density at radius 1 is 1.21 bits per heavy atom. The molecule has 128 valence electrons. The minimum atomic E-state index is -0.500. The Labute approximate surface area is 145 Å². The summed E-state index contributed by atoms with van der Waals surface area (Å²) in [5, 5.41) is 0. The number of hydrogen-bond donors (Lipinski definition) is 0. The first-order valence-electron chi connectivity index (χ1n) is 8.52. The standard InChI is InChI=1S/C22H28O2/c1-7-16-13-19(17-11-9-8-10-12-17)20(14-18(16)15(2)3)21(23)24-22(4,5)6/h7-12,14,16,19H,1,13H2,2-6H3/t16-,19-/m1/s1. The van der Waals surface area contributed by atoms with Gasteiger partial charge < -0.3 is 4.74 Å². The van der Waals surface area contributed by atoms with Crippen LogP contribution in [-0.2, 0) is 9.53 Å². The van der Waals surface area contributed by atoms with Gasteiger partial charge in [0.1, 0.15) is 5.60 Å². The number of hydrogen-bond acceptors (Lipinski definition) is 2. The zero-order valence-corrected chi connectivity index (χ0v) is 15.4. The molecule has 0 bridgehead atoms. The van der Waals surface area contributed by atoms with Gasteiger partial charge in [-0.1, -0.05) is 42.0 Å². The van der Waals surface area contributed by atoms with Gasteiger partial charge in [0.2, 0.25) is 0 Å². The lowest BCUT2D eigenvalue weighted by atomic mass is 9.74. The third kappa shape index (κ3) is 4.25. The summed E-state index contributed by atoms with van der Waals surface area (Å²) in [5.41, 5.74) is 3.78. The Morgan fingerprint density at radius 3 is 2.33 bits per heavy atom. The fourth-order valence-corrected chi connectivity index (χ4v) is 3.16. The molecule has 0 fully saturated rings. The average molecular weight is 324 g/mol. The van der Waals surface area contributed by atoms with Crippen molar-refractivity contribution in [1.82, 2.24) is 0 Å². The molecule has 0 aliphatic heterocycles. The van der Waals surface area contributed by atoms with Gasteiger partial charge in [0.25, 0.3) is 0 Å². The van der Waals surface area contributed by atoms with E-state index in [1.807, 2.05) is 51.1 Å². The van der Waals surface area contributed by atoms with E-state index in [0.717, 1.165) is 17.6 Å². The summed E-state index contributed by atoms with van der Waals surface area (Å²) in [6.07, 6.45) is 4.86. The molecular weight excluding hydrogens is 296 g/mol. The van der Waals surface area contributed by atoms with Crippen LogP contribution in [0.5, 0.6) is 0 Å². The molecule has 2 atom stereocenters. The molecule has 2 rings (SSSR count). The zero-order chi connectivity index (χ0) is 17.9. The summed E-state index contributed by atoms with van der Waals surface area (Å²) in [5.74, 6) is 0.0659. The zero-order valence-electron chi connectivity index (χ0n) is 15.4. The molecule has 1 aliphatic rings. The number of rotatable bonds is 3. The summed E-state index contributed by atoms with van der Waals surface area (Å²) in [6, 6.07) is 10.2. The van der Waals surface area contributed by atoms with Crippen LogP contribution in [0.3, 0.4) is 0 Å². The van der Waals surface area contributed by atoms with E-state index in [1.165, 1.54) is 11.1 Å². The predicted molar refractivity (Wildman–Crippen MR) is 99.8 cm³/mol. The Bertz CT molecular complexity index is 668. The van der Waals surface area contributed by atoms with E-state index in [0.29, 0.717) is 0 Å². The first kappa shape index (κ1) is 18.3. The molecule has 0 saturated carbocycles. The number of esters is 1. The Balaban J connectivity index is 2.51. The molecule has 1 aromatic carbocycles. The van der Waals surface area contributed by atoms with E-state index in [4.69, 9.17) is 4.74 Å². The van der Waals surface area contributed by atoms with Crippen LogP contribution in [0.1, 0.15) is 52.5 Å². The number of allylic oxidation sites excluding steroid dienone is 4. The van der Waals surface area contributed by atoms with Crippen molar-refractivity contribution >= 4 is 5.97 Å². The summed E-state index contributed by atoms with van der Waals surface area (Å²) in [4.78, 5) is 12.8. The lowest BCUT2D eigenvalue weighted by Gasteiger charge is -2.32. The third-order valence-electron chi connectivity index (χ3n) is 4.27. The Kier molecular flexibility index (Phi) is 5.48. The second-order valence-electron chi connectivity index (χ2n) is 7.60. The highest BCUT2D eigenvalue weighted by atomic mass is 16.6. The first-order chi connectivity index (χ1) is 11.2. The Morgan fingerprint density at radius 2 is 1.83 bits per heavy atom. The second kappa shape index (κ2) is 7.21. The van der Waals surface area contributed by atoms with Gasteiger partial charge in [-0.2, -0.15) is 0 Å². The van der Waals surface area contributed by atoms with Crippen molar-refractivity contribution in [2.24, 2.45) is 5.92 Å². The van der Waals surface area contributed by atoms with Gasteiger partial charge in [-0.25, -0.2) is 4.79 Å². The van der Waals surface area contributed by atoms with Crippen LogP contribution in [0.25, 0.3) is 0 Å². The second-order valence-corrected chi connectivity index (χ2v) is 7.60. The smallest absolute Gasteiger partial charge is 0.335 e. The summed E-state index contributed by atoms with van der Waals surface area (Å²) < 4.78 is 5.67. The summed E-state index contributed by atoms with van der Waals surface area (Å²) in [7, 11) is 0. The van der Waals surface area contributed by atoms with E-state index in [1.54, 1.807) is 0 Å². The van der Waals surface area contributed by atoms with Gasteiger partial charge in [-0.15, -0.1) is 6.58 Å². The maximum Gasteiger partial charge on any atom is 0.335 e. The lowest BCUT2D eigenvalue weighted by molar-refractivity contribution is -0.150. The fraction of sp³-hybridized carbons (Fsp3) is 0.409. The highest BCUT2D eigenvalue weighted by molar-refractivity contribution is 5.91. The number of benzene rings is 1. The van der Waals surface area contributed by atoms with Crippen molar-refractivity contribution in [3.8, 4) is 0 Å². The van der Waals surface area contributed by atoms with Crippen molar-refractivity contribution < 1.29 is 9.53 Å². The van der Waals surface area contributed by atoms with Crippen LogP contribution in [0.4, 0.5) is 0 Å². The molecular formula is C22H28O2. The largest absolute Gasteiger partial charge is 0.457 e. The molecule has 0 spiro atoms. The van der Waals surface area contributed by atoms with E-state index >= 15 is 0 Å². The van der Waals surface area contributed by atoms with Crippen LogP contribution in [0.15, 0.2) is 65.8 Å². The van der Waals surface area contributed by atoms with Crippen molar-refractivity contribution in [3.05, 3.63) is 71.3 Å². The lowest BCUT2D eigenvalue weighted by Crippen LogP contribution is -2.29. The maximum atomic E-state index is 12.8. The van der Waals surface area contributed by atoms with Crippen molar-refractivity contribution in [1.29, 1.82) is 0 Å². The molecule has 2 nitrogen and oxygen atoms in total. The minimum Gasteiger partial charge on any atom is -0.457 e. The molecule has 1 aliphatic carbocycles. The van der Waals surface area contributed by atoms with Crippen LogP contribution in [0, 0.1) is 5.92 Å². The van der Waals surface area contributed by atoms with Gasteiger partial charge in [-0.05, 0) is 58.3 Å². The monoisotopic (exact) mass is 324 g/mol. The van der Waals surface area contributed by atoms with Crippen LogP contribution in [0.2, 0.25) is 0 Å². The molecule has 1 aromatic rings. The molecule has 0 unspecified atom stereocenters. The van der Waals surface area contributed by atoms with Crippen molar-refractivity contribution in [3.63, 3.8) is 0 Å². The normalized spacial score (nSPS) is 21.0. The van der Waals surface area contributed by atoms with Crippen LogP contribution < -0.4 is 0 Å². The van der Waals surface area contributed by atoms with Crippen LogP contribution in [-0.4, -0.2) is 11.6 Å². The number of ether oxygens (including phenoxy) is 1. The number of carbonyl (C=O) groups is 1. The quantitative estimate of drug-likeness (QED) is 0.536. The van der Waals surface area contributed by atoms with Gasteiger partial charge in [-0.3, -0.25) is 0 Å². The number of carbonyl (C=O) groups excluding carboxylic acids is 1. The predicted octanol–water partition coefficient (Wildman–Crippen LogP) is 5.58. The van der Waals surface area contributed by atoms with Gasteiger partial charge in [0.15, 0.2) is 0 Å². The van der Waals surface area contributed by atoms with E-state index in [9.17, 15) is 4.79 Å². The van der Waals surface area contributed by atoms with E-state index < -0.39 is 5.60 Å². The van der Waals surface area contributed by atoms with Crippen molar-refractivity contribution in [2.45, 2.75) is 52.6 Å². The van der Waals surface area contributed by atoms with E-state index in [-0.39, 0.29) is 17.8 Å². The van der Waals surface area contributed by atoms with E-state index in [2.05, 4.69) is 32.6 Å². The molecule has 0 N–H and O–H groups in total. The average Bonchev–Trinajstić information content (AvgIpc) is 2.52. The summed E-state index contributed by atoms with van der Waals surface area (Å²) in [6.45, 7) is 13.9. The van der Waals surface area contributed by atoms with Gasteiger partial charge in [0, 0.05) is 17.4 Å². The first-order valence-corrected chi connectivity index (χ1v) is 8.52. The highest BCUT2D eigenvalue weighted by Crippen LogP contribution is 2.41. The van der Waals surface area contributed by atoms with Gasteiger partial charge in [0.05, 0.1) is 0 Å². The molecule has 24 heavy (non-hydrogen) atoms. The minimum absolute atomic E-state index is 0.0344. The molecule has 0 aromatic heterocycles. The van der Waals surface area contributed by atoms with Crippen LogP contribution >= 0.6 is 0 Å². The highest BCUT2D eigenvalue weighted by Gasteiger charge is 2.33. The Hall–Kier alpha value is -2.09. The SMILES string of the molecule is C=C[C@@H]1C[C@H](c2ccccc2)C(C(=O)OC(C)(C)C)=CC1=C(C)C. The fourth-order valence-electron chi connectivity index (χ4n) is 3.16. The van der Waals surface area contributed by atoms with Gasteiger partial charge >= 0.3 is 5.97 Å². The maximum absolute atomic E-state index is 12.8.